The second-order valence-corrected chi connectivity index (χ2v) is 5.94. The van der Waals surface area contributed by atoms with Crippen LogP contribution in [-0.2, 0) is 4.79 Å². The molecule has 128 valence electrons. The van der Waals surface area contributed by atoms with Crippen molar-refractivity contribution in [1.82, 2.24) is 0 Å². The second kappa shape index (κ2) is 8.43. The summed E-state index contributed by atoms with van der Waals surface area (Å²) in [5.74, 6) is -0.0228. The van der Waals surface area contributed by atoms with Gasteiger partial charge in [0.1, 0.15) is 17.4 Å². The number of carbonyl (C=O) groups is 1. The molecule has 0 heterocycles. The minimum atomic E-state index is -0.554. The molecule has 0 atom stereocenters. The monoisotopic (exact) mass is 375 g/mol. The number of carbonyl (C=O) groups excluding carboxylic acids is 1. The van der Waals surface area contributed by atoms with Crippen molar-refractivity contribution in [3.63, 3.8) is 0 Å². The van der Waals surface area contributed by atoms with Crippen LogP contribution in [0.4, 0.5) is 11.4 Å². The Hall–Kier alpha value is -2.68. The Balaban J connectivity index is 2.20. The molecule has 0 aliphatic rings. The molecule has 0 spiro atoms. The minimum Gasteiger partial charge on any atom is -0.495 e. The van der Waals surface area contributed by atoms with Gasteiger partial charge in [0.2, 0.25) is 0 Å². The lowest BCUT2D eigenvalue weighted by Gasteiger charge is -2.10. The summed E-state index contributed by atoms with van der Waals surface area (Å²) in [5.41, 5.74) is 1.80. The predicted octanol–water partition coefficient (Wildman–Crippen LogP) is 4.77. The van der Waals surface area contributed by atoms with Crippen LogP contribution < -0.4 is 15.4 Å². The molecule has 0 aliphatic heterocycles. The number of hydrogen-bond donors (Lipinski definition) is 2. The highest BCUT2D eigenvalue weighted by molar-refractivity contribution is 6.31. The maximum Gasteiger partial charge on any atom is 0.267 e. The molecule has 1 amide bonds. The zero-order chi connectivity index (χ0) is 18.4. The number of ether oxygens (including phenoxy) is 1. The predicted molar refractivity (Wildman–Crippen MR) is 100 cm³/mol. The molecule has 0 unspecified atom stereocenters. The molecule has 0 radical (unpaired) electrons. The van der Waals surface area contributed by atoms with E-state index in [2.05, 4.69) is 10.6 Å². The zero-order valence-electron chi connectivity index (χ0n) is 13.6. The first kappa shape index (κ1) is 18.7. The summed E-state index contributed by atoms with van der Waals surface area (Å²) in [6, 6.07) is 12.0. The van der Waals surface area contributed by atoms with Gasteiger partial charge in [-0.25, -0.2) is 0 Å². The molecule has 2 aromatic carbocycles. The van der Waals surface area contributed by atoms with Crippen LogP contribution in [0.15, 0.2) is 48.2 Å². The molecular formula is C18H15Cl2N3O2. The lowest BCUT2D eigenvalue weighted by molar-refractivity contribution is -0.112. The normalized spacial score (nSPS) is 10.8. The zero-order valence-corrected chi connectivity index (χ0v) is 15.1. The van der Waals surface area contributed by atoms with E-state index in [4.69, 9.17) is 27.9 Å². The van der Waals surface area contributed by atoms with Gasteiger partial charge in [-0.05, 0) is 42.8 Å². The Morgan fingerprint density at radius 1 is 1.16 bits per heavy atom. The topological polar surface area (TPSA) is 74.1 Å². The Labute approximate surface area is 155 Å². The maximum atomic E-state index is 12.3. The Bertz CT molecular complexity index is 873. The summed E-state index contributed by atoms with van der Waals surface area (Å²) in [5, 5.41) is 15.8. The average Bonchev–Trinajstić information content (AvgIpc) is 2.59. The summed E-state index contributed by atoms with van der Waals surface area (Å²) >= 11 is 11.9. The highest BCUT2D eigenvalue weighted by Crippen LogP contribution is 2.28. The first-order chi connectivity index (χ1) is 11.9. The van der Waals surface area contributed by atoms with E-state index in [1.807, 2.05) is 13.0 Å². The van der Waals surface area contributed by atoms with Gasteiger partial charge in [-0.2, -0.15) is 5.26 Å². The Morgan fingerprint density at radius 3 is 2.44 bits per heavy atom. The van der Waals surface area contributed by atoms with Crippen molar-refractivity contribution in [2.24, 2.45) is 0 Å². The third-order valence-corrected chi connectivity index (χ3v) is 3.82. The van der Waals surface area contributed by atoms with E-state index >= 15 is 0 Å². The molecule has 0 bridgehead atoms. The molecular weight excluding hydrogens is 361 g/mol. The highest BCUT2D eigenvalue weighted by atomic mass is 35.5. The van der Waals surface area contributed by atoms with Crippen molar-refractivity contribution < 1.29 is 9.53 Å². The average molecular weight is 376 g/mol. The number of nitriles is 1. The number of halogens is 2. The van der Waals surface area contributed by atoms with E-state index < -0.39 is 5.91 Å². The summed E-state index contributed by atoms with van der Waals surface area (Å²) in [6.45, 7) is 1.83. The van der Waals surface area contributed by atoms with Crippen LogP contribution in [-0.4, -0.2) is 13.0 Å². The van der Waals surface area contributed by atoms with Gasteiger partial charge in [0.05, 0.1) is 12.8 Å². The summed E-state index contributed by atoms with van der Waals surface area (Å²) in [4.78, 5) is 12.3. The summed E-state index contributed by atoms with van der Waals surface area (Å²) in [7, 11) is 1.51. The van der Waals surface area contributed by atoms with Gasteiger partial charge in [-0.3, -0.25) is 4.79 Å². The first-order valence-electron chi connectivity index (χ1n) is 7.22. The maximum absolute atomic E-state index is 12.3. The number of methoxy groups -OCH3 is 1. The van der Waals surface area contributed by atoms with Gasteiger partial charge < -0.3 is 15.4 Å². The molecule has 5 nitrogen and oxygen atoms in total. The number of anilines is 2. The number of nitrogens with zero attached hydrogens (tertiary/aromatic N) is 1. The van der Waals surface area contributed by atoms with Gasteiger partial charge in [0.25, 0.3) is 5.91 Å². The van der Waals surface area contributed by atoms with Crippen LogP contribution in [0.3, 0.4) is 0 Å². The van der Waals surface area contributed by atoms with E-state index in [0.717, 1.165) is 5.56 Å². The van der Waals surface area contributed by atoms with Gasteiger partial charge in [0.15, 0.2) is 0 Å². The molecule has 0 fully saturated rings. The van der Waals surface area contributed by atoms with Crippen LogP contribution in [0.25, 0.3) is 0 Å². The van der Waals surface area contributed by atoms with Crippen LogP contribution in [0, 0.1) is 18.3 Å². The molecule has 0 aliphatic carbocycles. The summed E-state index contributed by atoms with van der Waals surface area (Å²) in [6.07, 6.45) is 1.30. The van der Waals surface area contributed by atoms with Gasteiger partial charge in [-0.15, -0.1) is 0 Å². The fraction of sp³-hybridized carbons (Fsp3) is 0.111. The van der Waals surface area contributed by atoms with Crippen molar-refractivity contribution in [2.45, 2.75) is 6.92 Å². The highest BCUT2D eigenvalue weighted by Gasteiger charge is 2.12. The fourth-order valence-corrected chi connectivity index (χ4v) is 2.35. The van der Waals surface area contributed by atoms with Gasteiger partial charge >= 0.3 is 0 Å². The molecule has 0 saturated carbocycles. The third-order valence-electron chi connectivity index (χ3n) is 3.35. The number of benzene rings is 2. The minimum absolute atomic E-state index is 0.110. The number of rotatable bonds is 5. The van der Waals surface area contributed by atoms with Crippen molar-refractivity contribution >= 4 is 40.5 Å². The van der Waals surface area contributed by atoms with Gasteiger partial charge in [-0.1, -0.05) is 29.3 Å². The van der Waals surface area contributed by atoms with Crippen molar-refractivity contribution in [2.75, 3.05) is 17.7 Å². The Morgan fingerprint density at radius 2 is 1.80 bits per heavy atom. The molecule has 2 N–H and O–H groups in total. The SMILES string of the molecule is COc1ccc(Cl)cc1N/C=C(/C#N)C(=O)Nc1cc(Cl)ccc1C. The number of nitrogens with one attached hydrogen (secondary N) is 2. The third kappa shape index (κ3) is 4.90. The number of amides is 1. The summed E-state index contributed by atoms with van der Waals surface area (Å²) < 4.78 is 5.20. The molecule has 7 heteroatoms. The van der Waals surface area contributed by atoms with Crippen LogP contribution in [0.1, 0.15) is 5.56 Å². The fourth-order valence-electron chi connectivity index (χ4n) is 2.01. The van der Waals surface area contributed by atoms with E-state index in [1.165, 1.54) is 13.3 Å². The van der Waals surface area contributed by atoms with Crippen LogP contribution in [0.5, 0.6) is 5.75 Å². The quantitative estimate of drug-likeness (QED) is 0.582. The lowest BCUT2D eigenvalue weighted by atomic mass is 10.2. The van der Waals surface area contributed by atoms with Gasteiger partial charge in [0, 0.05) is 21.9 Å². The smallest absolute Gasteiger partial charge is 0.267 e. The first-order valence-corrected chi connectivity index (χ1v) is 7.98. The molecule has 2 aromatic rings. The molecule has 25 heavy (non-hydrogen) atoms. The van der Waals surface area contributed by atoms with Crippen LogP contribution in [0.2, 0.25) is 10.0 Å². The molecule has 0 saturated heterocycles. The molecule has 2 rings (SSSR count). The van der Waals surface area contributed by atoms with E-state index in [9.17, 15) is 10.1 Å². The lowest BCUT2D eigenvalue weighted by Crippen LogP contribution is -2.15. The Kier molecular flexibility index (Phi) is 6.29. The standard InChI is InChI=1S/C18H15Cl2N3O2/c1-11-3-4-13(19)7-15(11)23-18(24)12(9-21)10-22-16-8-14(20)5-6-17(16)25-2/h3-8,10,22H,1-2H3,(H,23,24)/b12-10-. The van der Waals surface area contributed by atoms with E-state index in [1.54, 1.807) is 36.4 Å². The van der Waals surface area contributed by atoms with E-state index in [-0.39, 0.29) is 5.57 Å². The molecule has 0 aromatic heterocycles. The number of aryl methyl sites for hydroxylation is 1. The van der Waals surface area contributed by atoms with Crippen LogP contribution >= 0.6 is 23.2 Å². The van der Waals surface area contributed by atoms with Crippen molar-refractivity contribution in [3.8, 4) is 11.8 Å². The van der Waals surface area contributed by atoms with E-state index in [0.29, 0.717) is 27.2 Å². The van der Waals surface area contributed by atoms with Crippen molar-refractivity contribution in [1.29, 1.82) is 5.26 Å². The van der Waals surface area contributed by atoms with Crippen molar-refractivity contribution in [3.05, 3.63) is 63.8 Å². The number of hydrogen-bond acceptors (Lipinski definition) is 4. The largest absolute Gasteiger partial charge is 0.495 e. The second-order valence-electron chi connectivity index (χ2n) is 5.07.